The van der Waals surface area contributed by atoms with Crippen molar-refractivity contribution in [3.63, 3.8) is 0 Å². The summed E-state index contributed by atoms with van der Waals surface area (Å²) in [5.41, 5.74) is 0.984. The molecule has 0 atom stereocenters. The first-order chi connectivity index (χ1) is 9.22. The summed E-state index contributed by atoms with van der Waals surface area (Å²) in [4.78, 5) is 4.36. The molecule has 0 bridgehead atoms. The van der Waals surface area contributed by atoms with Gasteiger partial charge in [-0.25, -0.2) is 4.99 Å². The molecule has 0 aliphatic rings. The van der Waals surface area contributed by atoms with Gasteiger partial charge in [-0.2, -0.15) is 0 Å². The first kappa shape index (κ1) is 18.9. The van der Waals surface area contributed by atoms with Gasteiger partial charge >= 0.3 is 0 Å². The van der Waals surface area contributed by atoms with Gasteiger partial charge in [-0.3, -0.25) is 4.39 Å². The molecule has 20 heavy (non-hydrogen) atoms. The molecule has 0 amide bonds. The van der Waals surface area contributed by atoms with Crippen LogP contribution in [0.4, 0.5) is 4.39 Å². The van der Waals surface area contributed by atoms with Crippen LogP contribution in [0.25, 0.3) is 0 Å². The minimum atomic E-state index is -0.326. The lowest BCUT2D eigenvalue weighted by Gasteiger charge is -2.11. The molecule has 114 valence electrons. The molecule has 1 aromatic rings. The normalized spacial score (nSPS) is 10.8. The Bertz CT molecular complexity index is 393. The Hall–Kier alpha value is -1.05. The van der Waals surface area contributed by atoms with E-state index in [2.05, 4.69) is 22.2 Å². The fraction of sp³-hybridized carbons (Fsp3) is 0.500. The van der Waals surface area contributed by atoms with Gasteiger partial charge in [0, 0.05) is 19.5 Å². The molecule has 4 nitrogen and oxygen atoms in total. The molecule has 1 heterocycles. The summed E-state index contributed by atoms with van der Waals surface area (Å²) in [6.07, 6.45) is 2.92. The van der Waals surface area contributed by atoms with Crippen molar-refractivity contribution in [3.05, 3.63) is 36.3 Å². The van der Waals surface area contributed by atoms with Crippen molar-refractivity contribution in [2.45, 2.75) is 19.8 Å². The van der Waals surface area contributed by atoms with Gasteiger partial charge in [-0.15, -0.1) is 24.0 Å². The van der Waals surface area contributed by atoms with E-state index in [-0.39, 0.29) is 30.7 Å². The fourth-order valence-corrected chi connectivity index (χ4v) is 1.42. The van der Waals surface area contributed by atoms with E-state index in [0.29, 0.717) is 32.0 Å². The maximum atomic E-state index is 12.1. The number of hydrogen-bond acceptors (Lipinski definition) is 2. The number of rotatable bonds is 8. The number of guanidine groups is 1. The standard InChI is InChI=1S/C14H22FN3O.HI/c1-12(2)11-18-14(16-8-4-7-15)17-9-6-13-5-3-10-19-13;/h3,5,10H,1,4,6-9,11H2,2H3,(H2,16,17,18);1H. The number of alkyl halides is 1. The van der Waals surface area contributed by atoms with Crippen LogP contribution in [0.2, 0.25) is 0 Å². The molecule has 0 aliphatic carbocycles. The number of hydrogen-bond donors (Lipinski definition) is 2. The molecular weight excluding hydrogens is 372 g/mol. The molecule has 0 spiro atoms. The predicted molar refractivity (Wildman–Crippen MR) is 91.5 cm³/mol. The smallest absolute Gasteiger partial charge is 0.191 e. The Morgan fingerprint density at radius 2 is 2.15 bits per heavy atom. The number of aliphatic imine (C=N–C) groups is 1. The van der Waals surface area contributed by atoms with Gasteiger partial charge in [0.2, 0.25) is 0 Å². The molecule has 1 aromatic heterocycles. The highest BCUT2D eigenvalue weighted by Crippen LogP contribution is 1.99. The van der Waals surface area contributed by atoms with E-state index in [1.807, 2.05) is 19.1 Å². The molecular formula is C14H23FIN3O. The quantitative estimate of drug-likeness (QED) is 0.234. The Labute approximate surface area is 136 Å². The second-order valence-electron chi connectivity index (χ2n) is 4.35. The van der Waals surface area contributed by atoms with E-state index in [1.165, 1.54) is 0 Å². The average Bonchev–Trinajstić information content (AvgIpc) is 2.88. The van der Waals surface area contributed by atoms with Crippen molar-refractivity contribution in [1.29, 1.82) is 0 Å². The van der Waals surface area contributed by atoms with Crippen LogP contribution in [0.1, 0.15) is 19.1 Å². The van der Waals surface area contributed by atoms with Crippen LogP contribution in [0.5, 0.6) is 0 Å². The van der Waals surface area contributed by atoms with E-state index in [1.54, 1.807) is 6.26 Å². The van der Waals surface area contributed by atoms with E-state index in [4.69, 9.17) is 4.42 Å². The van der Waals surface area contributed by atoms with Crippen molar-refractivity contribution >= 4 is 29.9 Å². The number of furan rings is 1. The molecule has 2 N–H and O–H groups in total. The molecule has 0 aliphatic heterocycles. The highest BCUT2D eigenvalue weighted by Gasteiger charge is 2.00. The highest BCUT2D eigenvalue weighted by molar-refractivity contribution is 14.0. The van der Waals surface area contributed by atoms with Crippen molar-refractivity contribution in [2.24, 2.45) is 4.99 Å². The molecule has 6 heteroatoms. The maximum Gasteiger partial charge on any atom is 0.191 e. The zero-order chi connectivity index (χ0) is 13.9. The third-order valence-electron chi connectivity index (χ3n) is 2.35. The number of nitrogens with one attached hydrogen (secondary N) is 2. The first-order valence-corrected chi connectivity index (χ1v) is 6.47. The molecule has 1 rings (SSSR count). The fourth-order valence-electron chi connectivity index (χ4n) is 1.42. The van der Waals surface area contributed by atoms with Crippen LogP contribution in [0.3, 0.4) is 0 Å². The van der Waals surface area contributed by atoms with E-state index in [0.717, 1.165) is 17.8 Å². The van der Waals surface area contributed by atoms with Crippen LogP contribution >= 0.6 is 24.0 Å². The van der Waals surface area contributed by atoms with E-state index >= 15 is 0 Å². The van der Waals surface area contributed by atoms with Gasteiger partial charge in [-0.1, -0.05) is 12.2 Å². The summed E-state index contributed by atoms with van der Waals surface area (Å²) in [5.74, 6) is 1.61. The maximum absolute atomic E-state index is 12.1. The summed E-state index contributed by atoms with van der Waals surface area (Å²) in [6.45, 7) is 7.25. The summed E-state index contributed by atoms with van der Waals surface area (Å²) in [6, 6.07) is 3.80. The van der Waals surface area contributed by atoms with Crippen molar-refractivity contribution in [2.75, 3.05) is 26.3 Å². The molecule has 0 fully saturated rings. The Balaban J connectivity index is 0.00000361. The zero-order valence-electron chi connectivity index (χ0n) is 11.8. The second kappa shape index (κ2) is 11.7. The van der Waals surface area contributed by atoms with Crippen molar-refractivity contribution in [3.8, 4) is 0 Å². The van der Waals surface area contributed by atoms with Gasteiger partial charge in [0.1, 0.15) is 5.76 Å². The molecule has 0 saturated carbocycles. The van der Waals surface area contributed by atoms with E-state index < -0.39 is 0 Å². The zero-order valence-corrected chi connectivity index (χ0v) is 14.2. The van der Waals surface area contributed by atoms with Gasteiger partial charge in [0.25, 0.3) is 0 Å². The molecule has 0 saturated heterocycles. The second-order valence-corrected chi connectivity index (χ2v) is 4.35. The summed E-state index contributed by atoms with van der Waals surface area (Å²) >= 11 is 0. The Kier molecular flexibility index (Phi) is 11.1. The van der Waals surface area contributed by atoms with Crippen molar-refractivity contribution in [1.82, 2.24) is 10.6 Å². The van der Waals surface area contributed by atoms with Gasteiger partial charge in [0.05, 0.1) is 19.5 Å². The van der Waals surface area contributed by atoms with Gasteiger partial charge < -0.3 is 15.1 Å². The third-order valence-corrected chi connectivity index (χ3v) is 2.35. The van der Waals surface area contributed by atoms with Crippen molar-refractivity contribution < 1.29 is 8.81 Å². The summed E-state index contributed by atoms with van der Waals surface area (Å²) in [5, 5.41) is 6.27. The minimum Gasteiger partial charge on any atom is -0.469 e. The van der Waals surface area contributed by atoms with Crippen LogP contribution in [-0.4, -0.2) is 32.3 Å². The highest BCUT2D eigenvalue weighted by atomic mass is 127. The van der Waals surface area contributed by atoms with Gasteiger partial charge in [-0.05, 0) is 25.5 Å². The predicted octanol–water partition coefficient (Wildman–Crippen LogP) is 2.91. The average molecular weight is 395 g/mol. The lowest BCUT2D eigenvalue weighted by molar-refractivity contribution is 0.470. The van der Waals surface area contributed by atoms with Crippen LogP contribution in [0.15, 0.2) is 40.0 Å². The largest absolute Gasteiger partial charge is 0.469 e. The SMILES string of the molecule is C=C(C)CN=C(NCCCF)NCCc1ccco1.I. The summed E-state index contributed by atoms with van der Waals surface area (Å²) in [7, 11) is 0. The van der Waals surface area contributed by atoms with Crippen LogP contribution in [-0.2, 0) is 6.42 Å². The lowest BCUT2D eigenvalue weighted by atomic mass is 10.3. The Morgan fingerprint density at radius 1 is 1.40 bits per heavy atom. The number of nitrogens with zero attached hydrogens (tertiary/aromatic N) is 1. The monoisotopic (exact) mass is 395 g/mol. The lowest BCUT2D eigenvalue weighted by Crippen LogP contribution is -2.39. The first-order valence-electron chi connectivity index (χ1n) is 6.47. The molecule has 0 aromatic carbocycles. The molecule has 0 unspecified atom stereocenters. The minimum absolute atomic E-state index is 0. The van der Waals surface area contributed by atoms with Gasteiger partial charge in [0.15, 0.2) is 5.96 Å². The number of halogens is 2. The third kappa shape index (κ3) is 8.95. The Morgan fingerprint density at radius 3 is 2.75 bits per heavy atom. The summed E-state index contributed by atoms with van der Waals surface area (Å²) < 4.78 is 17.3. The molecule has 0 radical (unpaired) electrons. The van der Waals surface area contributed by atoms with Crippen LogP contribution in [0, 0.1) is 0 Å². The topological polar surface area (TPSA) is 49.6 Å². The van der Waals surface area contributed by atoms with E-state index in [9.17, 15) is 4.39 Å². The van der Waals surface area contributed by atoms with Crippen LogP contribution < -0.4 is 10.6 Å².